The zero-order chi connectivity index (χ0) is 12.1. The summed E-state index contributed by atoms with van der Waals surface area (Å²) in [6.45, 7) is 4.92. The Morgan fingerprint density at radius 2 is 2.24 bits per heavy atom. The summed E-state index contributed by atoms with van der Waals surface area (Å²) in [6, 6.07) is 8.56. The largest absolute Gasteiger partial charge is 0.491 e. The molecule has 1 aliphatic rings. The highest BCUT2D eigenvalue weighted by Gasteiger charge is 2.19. The zero-order valence-electron chi connectivity index (χ0n) is 10.6. The summed E-state index contributed by atoms with van der Waals surface area (Å²) < 4.78 is 5.79. The van der Waals surface area contributed by atoms with E-state index in [1.165, 1.54) is 12.1 Å². The molecular formula is C14H22N2O. The number of hydrogen-bond acceptors (Lipinski definition) is 3. The van der Waals surface area contributed by atoms with E-state index < -0.39 is 0 Å². The number of ether oxygens (including phenoxy) is 1. The Hall–Kier alpha value is -1.22. The Bertz CT molecular complexity index is 354. The first-order chi connectivity index (χ1) is 8.31. The molecule has 0 amide bonds. The third-order valence-corrected chi connectivity index (χ3v) is 3.13. The highest BCUT2D eigenvalue weighted by Crippen LogP contribution is 2.30. The van der Waals surface area contributed by atoms with Gasteiger partial charge in [0.25, 0.3) is 0 Å². The molecule has 1 heterocycles. The van der Waals surface area contributed by atoms with Gasteiger partial charge in [0.1, 0.15) is 5.75 Å². The number of rotatable bonds is 4. The molecule has 1 saturated heterocycles. The summed E-state index contributed by atoms with van der Waals surface area (Å²) in [5.41, 5.74) is 7.22. The van der Waals surface area contributed by atoms with Gasteiger partial charge in [0.15, 0.2) is 0 Å². The van der Waals surface area contributed by atoms with Gasteiger partial charge in [-0.15, -0.1) is 0 Å². The van der Waals surface area contributed by atoms with Crippen LogP contribution in [0.5, 0.6) is 5.75 Å². The van der Waals surface area contributed by atoms with Crippen molar-refractivity contribution in [1.29, 1.82) is 0 Å². The second-order valence-corrected chi connectivity index (χ2v) is 4.66. The van der Waals surface area contributed by atoms with Crippen LogP contribution in [0.4, 0.5) is 5.69 Å². The highest BCUT2D eigenvalue weighted by atomic mass is 16.5. The molecule has 0 aliphatic carbocycles. The maximum Gasteiger partial charge on any atom is 0.142 e. The van der Waals surface area contributed by atoms with E-state index in [2.05, 4.69) is 24.0 Å². The lowest BCUT2D eigenvalue weighted by molar-refractivity contribution is 0.317. The molecule has 1 aromatic rings. The van der Waals surface area contributed by atoms with Crippen molar-refractivity contribution in [2.75, 3.05) is 24.6 Å². The van der Waals surface area contributed by atoms with E-state index in [0.717, 1.165) is 38.3 Å². The van der Waals surface area contributed by atoms with Gasteiger partial charge in [-0.1, -0.05) is 19.1 Å². The van der Waals surface area contributed by atoms with Crippen molar-refractivity contribution in [3.63, 3.8) is 0 Å². The van der Waals surface area contributed by atoms with Crippen molar-refractivity contribution in [1.82, 2.24) is 0 Å². The van der Waals surface area contributed by atoms with Crippen LogP contribution in [-0.2, 0) is 0 Å². The average molecular weight is 234 g/mol. The number of benzene rings is 1. The Morgan fingerprint density at radius 3 is 3.00 bits per heavy atom. The van der Waals surface area contributed by atoms with Gasteiger partial charge < -0.3 is 15.4 Å². The van der Waals surface area contributed by atoms with Crippen LogP contribution in [0.1, 0.15) is 26.2 Å². The van der Waals surface area contributed by atoms with Gasteiger partial charge in [-0.25, -0.2) is 0 Å². The quantitative estimate of drug-likeness (QED) is 0.869. The van der Waals surface area contributed by atoms with E-state index >= 15 is 0 Å². The molecule has 0 bridgehead atoms. The number of nitrogens with zero attached hydrogens (tertiary/aromatic N) is 1. The molecular weight excluding hydrogens is 212 g/mol. The summed E-state index contributed by atoms with van der Waals surface area (Å²) in [6.07, 6.45) is 3.34. The normalized spacial score (nSPS) is 20.4. The van der Waals surface area contributed by atoms with Crippen molar-refractivity contribution in [3.8, 4) is 5.75 Å². The van der Waals surface area contributed by atoms with Gasteiger partial charge in [0, 0.05) is 19.1 Å². The summed E-state index contributed by atoms with van der Waals surface area (Å²) in [5.74, 6) is 0.989. The molecule has 1 fully saturated rings. The maximum absolute atomic E-state index is 6.03. The molecule has 2 N–H and O–H groups in total. The minimum Gasteiger partial charge on any atom is -0.491 e. The molecule has 1 unspecified atom stereocenters. The average Bonchev–Trinajstić information content (AvgIpc) is 2.37. The van der Waals surface area contributed by atoms with Gasteiger partial charge in [-0.05, 0) is 31.4 Å². The van der Waals surface area contributed by atoms with Crippen molar-refractivity contribution < 1.29 is 4.74 Å². The molecule has 3 nitrogen and oxygen atoms in total. The molecule has 0 spiro atoms. The first-order valence-corrected chi connectivity index (χ1v) is 6.53. The minimum atomic E-state index is 0.294. The number of nitrogens with two attached hydrogens (primary N) is 1. The molecule has 3 heteroatoms. The van der Waals surface area contributed by atoms with Crippen molar-refractivity contribution in [2.24, 2.45) is 5.73 Å². The van der Waals surface area contributed by atoms with Crippen molar-refractivity contribution in [2.45, 2.75) is 32.2 Å². The van der Waals surface area contributed by atoms with Crippen LogP contribution in [0.2, 0.25) is 0 Å². The predicted octanol–water partition coefficient (Wildman–Crippen LogP) is 2.40. The third kappa shape index (κ3) is 3.13. The van der Waals surface area contributed by atoms with Gasteiger partial charge in [-0.3, -0.25) is 0 Å². The Morgan fingerprint density at radius 1 is 1.41 bits per heavy atom. The number of para-hydroxylation sites is 2. The molecule has 2 rings (SSSR count). The first kappa shape index (κ1) is 12.2. The summed E-state index contributed by atoms with van der Waals surface area (Å²) in [4.78, 5) is 2.35. The van der Waals surface area contributed by atoms with Crippen LogP contribution in [0, 0.1) is 0 Å². The fourth-order valence-corrected chi connectivity index (χ4v) is 2.28. The third-order valence-electron chi connectivity index (χ3n) is 3.13. The molecule has 0 saturated carbocycles. The number of anilines is 1. The Labute approximate surface area is 104 Å². The molecule has 0 aromatic heterocycles. The van der Waals surface area contributed by atoms with Crippen LogP contribution in [0.3, 0.4) is 0 Å². The van der Waals surface area contributed by atoms with E-state index in [0.29, 0.717) is 6.04 Å². The first-order valence-electron chi connectivity index (χ1n) is 6.53. The molecule has 0 radical (unpaired) electrons. The fourth-order valence-electron chi connectivity index (χ4n) is 2.28. The summed E-state index contributed by atoms with van der Waals surface area (Å²) in [7, 11) is 0. The van der Waals surface area contributed by atoms with E-state index in [1.54, 1.807) is 0 Å². The van der Waals surface area contributed by atoms with E-state index in [1.807, 2.05) is 12.1 Å². The molecule has 94 valence electrons. The lowest BCUT2D eigenvalue weighted by Crippen LogP contribution is -2.42. The molecule has 1 aliphatic heterocycles. The van der Waals surface area contributed by atoms with Crippen molar-refractivity contribution >= 4 is 5.69 Å². The van der Waals surface area contributed by atoms with Crippen LogP contribution < -0.4 is 15.4 Å². The summed E-state index contributed by atoms with van der Waals surface area (Å²) in [5, 5.41) is 0. The van der Waals surface area contributed by atoms with Gasteiger partial charge in [0.05, 0.1) is 12.3 Å². The summed E-state index contributed by atoms with van der Waals surface area (Å²) >= 11 is 0. The maximum atomic E-state index is 6.03. The SMILES string of the molecule is CCCOc1ccccc1N1CCCC(N)C1. The van der Waals surface area contributed by atoms with Gasteiger partial charge >= 0.3 is 0 Å². The smallest absolute Gasteiger partial charge is 0.142 e. The highest BCUT2D eigenvalue weighted by molar-refractivity contribution is 5.58. The molecule has 17 heavy (non-hydrogen) atoms. The second-order valence-electron chi connectivity index (χ2n) is 4.66. The minimum absolute atomic E-state index is 0.294. The van der Waals surface area contributed by atoms with Crippen LogP contribution in [0.25, 0.3) is 0 Å². The lowest BCUT2D eigenvalue weighted by Gasteiger charge is -2.33. The van der Waals surface area contributed by atoms with Crippen LogP contribution in [-0.4, -0.2) is 25.7 Å². The van der Waals surface area contributed by atoms with Crippen LogP contribution >= 0.6 is 0 Å². The monoisotopic (exact) mass is 234 g/mol. The predicted molar refractivity (Wildman–Crippen MR) is 71.7 cm³/mol. The topological polar surface area (TPSA) is 38.5 Å². The molecule has 1 aromatic carbocycles. The van der Waals surface area contributed by atoms with E-state index in [4.69, 9.17) is 10.5 Å². The van der Waals surface area contributed by atoms with Gasteiger partial charge in [-0.2, -0.15) is 0 Å². The Balaban J connectivity index is 2.12. The molecule has 1 atom stereocenters. The lowest BCUT2D eigenvalue weighted by atomic mass is 10.1. The van der Waals surface area contributed by atoms with Gasteiger partial charge in [0.2, 0.25) is 0 Å². The fraction of sp³-hybridized carbons (Fsp3) is 0.571. The number of piperidine rings is 1. The van der Waals surface area contributed by atoms with Crippen LogP contribution in [0.15, 0.2) is 24.3 Å². The van der Waals surface area contributed by atoms with E-state index in [9.17, 15) is 0 Å². The Kier molecular flexibility index (Phi) is 4.26. The standard InChI is InChI=1S/C14H22N2O/c1-2-10-17-14-8-4-3-7-13(14)16-9-5-6-12(15)11-16/h3-4,7-8,12H,2,5-6,9-11,15H2,1H3. The zero-order valence-corrected chi connectivity index (χ0v) is 10.6. The second kappa shape index (κ2) is 5.92. The van der Waals surface area contributed by atoms with Crippen molar-refractivity contribution in [3.05, 3.63) is 24.3 Å². The number of hydrogen-bond donors (Lipinski definition) is 1. The van der Waals surface area contributed by atoms with E-state index in [-0.39, 0.29) is 0 Å².